The molecule has 1 saturated carbocycles. The number of halogens is 2. The lowest BCUT2D eigenvalue weighted by molar-refractivity contribution is -0.122. The minimum Gasteiger partial charge on any atom is -0.325 e. The van der Waals surface area contributed by atoms with Crippen LogP contribution in [0.4, 0.5) is 10.1 Å². The first kappa shape index (κ1) is 22.2. The number of nitrogens with zero attached hydrogens (tertiary/aromatic N) is 2. The zero-order valence-corrected chi connectivity index (χ0v) is 18.1. The fourth-order valence-electron chi connectivity index (χ4n) is 3.19. The molecule has 1 heterocycles. The van der Waals surface area contributed by atoms with Crippen molar-refractivity contribution in [3.63, 3.8) is 0 Å². The lowest BCUT2D eigenvalue weighted by Crippen LogP contribution is -2.29. The lowest BCUT2D eigenvalue weighted by atomic mass is 9.89. The van der Waals surface area contributed by atoms with Gasteiger partial charge < -0.3 is 5.32 Å². The Morgan fingerprint density at radius 1 is 1.30 bits per heavy atom. The number of hydrogen-bond donors (Lipinski definition) is 1. The quantitative estimate of drug-likeness (QED) is 0.677. The fourth-order valence-corrected chi connectivity index (χ4v) is 3.36. The second-order valence-electron chi connectivity index (χ2n) is 8.58. The van der Waals surface area contributed by atoms with Crippen LogP contribution in [-0.2, 0) is 16.1 Å². The van der Waals surface area contributed by atoms with Crippen LogP contribution in [0.1, 0.15) is 38.9 Å². The number of Topliss-reactive ketones (excluding diaryl/α,β-unsaturated/α-hetero) is 1. The summed E-state index contributed by atoms with van der Waals surface area (Å²) in [4.78, 5) is 41.7. The molecule has 0 atom stereocenters. The molecule has 0 unspecified atom stereocenters. The highest BCUT2D eigenvalue weighted by atomic mass is 35.5. The second kappa shape index (κ2) is 8.68. The van der Waals surface area contributed by atoms with Gasteiger partial charge in [-0.3, -0.25) is 23.3 Å². The summed E-state index contributed by atoms with van der Waals surface area (Å²) < 4.78 is 14.3. The number of aryl methyl sites for hydroxylation is 1. The van der Waals surface area contributed by atoms with E-state index in [1.807, 2.05) is 0 Å². The molecule has 2 aromatic rings. The van der Waals surface area contributed by atoms with Gasteiger partial charge in [-0.1, -0.05) is 25.4 Å². The van der Waals surface area contributed by atoms with Crippen LogP contribution in [-0.4, -0.2) is 27.9 Å². The fraction of sp³-hybridized carbons (Fsp3) is 0.455. The van der Waals surface area contributed by atoms with E-state index < -0.39 is 17.6 Å². The summed E-state index contributed by atoms with van der Waals surface area (Å²) in [6.07, 6.45) is 1.76. The molecule has 1 aromatic heterocycles. The van der Waals surface area contributed by atoms with Gasteiger partial charge in [-0.25, -0.2) is 4.98 Å². The molecule has 1 aliphatic carbocycles. The number of ketones is 1. The highest BCUT2D eigenvalue weighted by Crippen LogP contribution is 2.34. The largest absolute Gasteiger partial charge is 0.325 e. The Morgan fingerprint density at radius 2 is 2.00 bits per heavy atom. The standard InChI is InChI=1S/C22H25ClFN3O3/c1-13-25-19(9-20(29)27(13)11-16(28)10-22(2,3)12-24)17-7-6-15(23)8-18(17)26-21(30)14-4-5-14/h6-9,14H,4-5,10-12H2,1-3H3,(H,26,30). The van der Waals surface area contributed by atoms with Gasteiger partial charge >= 0.3 is 0 Å². The van der Waals surface area contributed by atoms with Gasteiger partial charge in [0.1, 0.15) is 5.82 Å². The van der Waals surface area contributed by atoms with E-state index in [1.54, 1.807) is 39.0 Å². The molecule has 6 nitrogen and oxygen atoms in total. The van der Waals surface area contributed by atoms with Crippen LogP contribution in [0.3, 0.4) is 0 Å². The van der Waals surface area contributed by atoms with Crippen LogP contribution >= 0.6 is 11.6 Å². The van der Waals surface area contributed by atoms with Crippen molar-refractivity contribution in [2.24, 2.45) is 11.3 Å². The van der Waals surface area contributed by atoms with E-state index in [4.69, 9.17) is 11.6 Å². The number of amides is 1. The lowest BCUT2D eigenvalue weighted by Gasteiger charge is -2.20. The summed E-state index contributed by atoms with van der Waals surface area (Å²) in [6, 6.07) is 6.32. The van der Waals surface area contributed by atoms with E-state index in [0.29, 0.717) is 27.8 Å². The van der Waals surface area contributed by atoms with Crippen LogP contribution in [0.2, 0.25) is 5.02 Å². The van der Waals surface area contributed by atoms with Crippen molar-refractivity contribution in [3.8, 4) is 11.3 Å². The van der Waals surface area contributed by atoms with Gasteiger partial charge in [0, 0.05) is 34.4 Å². The van der Waals surface area contributed by atoms with Crippen molar-refractivity contribution in [2.75, 3.05) is 12.0 Å². The molecule has 0 radical (unpaired) electrons. The Labute approximate surface area is 179 Å². The SMILES string of the molecule is Cc1nc(-c2ccc(Cl)cc2NC(=O)C2CC2)cc(=O)n1CC(=O)CC(C)(C)CF. The number of carbonyl (C=O) groups excluding carboxylic acids is 2. The first-order chi connectivity index (χ1) is 14.1. The number of hydrogen-bond acceptors (Lipinski definition) is 4. The minimum absolute atomic E-state index is 0.0131. The molecule has 0 saturated heterocycles. The third kappa shape index (κ3) is 5.33. The smallest absolute Gasteiger partial charge is 0.254 e. The molecule has 1 fully saturated rings. The zero-order valence-electron chi connectivity index (χ0n) is 17.3. The molecular formula is C22H25ClFN3O3. The van der Waals surface area contributed by atoms with Crippen molar-refractivity contribution in [3.05, 3.63) is 45.5 Å². The number of alkyl halides is 1. The molecular weight excluding hydrogens is 409 g/mol. The number of aromatic nitrogens is 2. The van der Waals surface area contributed by atoms with Crippen LogP contribution < -0.4 is 10.9 Å². The number of rotatable bonds is 8. The maximum Gasteiger partial charge on any atom is 0.254 e. The summed E-state index contributed by atoms with van der Waals surface area (Å²) in [7, 11) is 0. The highest BCUT2D eigenvalue weighted by molar-refractivity contribution is 6.31. The number of nitrogens with one attached hydrogen (secondary N) is 1. The van der Waals surface area contributed by atoms with Crippen molar-refractivity contribution in [2.45, 2.75) is 46.6 Å². The van der Waals surface area contributed by atoms with Crippen molar-refractivity contribution < 1.29 is 14.0 Å². The summed E-state index contributed by atoms with van der Waals surface area (Å²) in [5.41, 5.74) is 0.293. The Kier molecular flexibility index (Phi) is 6.41. The molecule has 1 aliphatic rings. The van der Waals surface area contributed by atoms with E-state index in [0.717, 1.165) is 12.8 Å². The summed E-state index contributed by atoms with van der Waals surface area (Å²) in [5.74, 6) is 0.0587. The normalized spacial score (nSPS) is 13.9. The van der Waals surface area contributed by atoms with E-state index in [1.165, 1.54) is 10.6 Å². The molecule has 8 heteroatoms. The number of benzene rings is 1. The second-order valence-corrected chi connectivity index (χ2v) is 9.02. The topological polar surface area (TPSA) is 81.1 Å². The van der Waals surface area contributed by atoms with Gasteiger partial charge in [0.2, 0.25) is 5.91 Å². The van der Waals surface area contributed by atoms with Gasteiger partial charge in [0.15, 0.2) is 5.78 Å². The number of carbonyl (C=O) groups is 2. The van der Waals surface area contributed by atoms with Gasteiger partial charge in [0.25, 0.3) is 5.56 Å². The molecule has 30 heavy (non-hydrogen) atoms. The molecule has 0 aliphatic heterocycles. The van der Waals surface area contributed by atoms with E-state index in [-0.39, 0.29) is 30.6 Å². The molecule has 0 bridgehead atoms. The first-order valence-corrected chi connectivity index (χ1v) is 10.2. The van der Waals surface area contributed by atoms with Crippen LogP contribution in [0.5, 0.6) is 0 Å². The Morgan fingerprint density at radius 3 is 2.60 bits per heavy atom. The predicted octanol–water partition coefficient (Wildman–Crippen LogP) is 4.18. The monoisotopic (exact) mass is 433 g/mol. The molecule has 1 N–H and O–H groups in total. The Hall–Kier alpha value is -2.54. The highest BCUT2D eigenvalue weighted by Gasteiger charge is 2.30. The van der Waals surface area contributed by atoms with Crippen molar-refractivity contribution >= 4 is 29.0 Å². The molecule has 160 valence electrons. The Bertz CT molecular complexity index is 1040. The average Bonchev–Trinajstić information content (AvgIpc) is 3.49. The third-order valence-corrected chi connectivity index (χ3v) is 5.27. The number of anilines is 1. The molecule has 1 amide bonds. The minimum atomic E-state index is -0.764. The van der Waals surface area contributed by atoms with Crippen LogP contribution in [0, 0.1) is 18.3 Å². The van der Waals surface area contributed by atoms with Gasteiger partial charge in [-0.15, -0.1) is 0 Å². The van der Waals surface area contributed by atoms with Crippen LogP contribution in [0.25, 0.3) is 11.3 Å². The van der Waals surface area contributed by atoms with Gasteiger partial charge in [-0.2, -0.15) is 0 Å². The summed E-state index contributed by atoms with van der Waals surface area (Å²) in [5, 5.41) is 3.32. The average molecular weight is 434 g/mol. The van der Waals surface area contributed by atoms with E-state index in [2.05, 4.69) is 10.3 Å². The maximum atomic E-state index is 13.0. The van der Waals surface area contributed by atoms with Crippen molar-refractivity contribution in [1.29, 1.82) is 0 Å². The Balaban J connectivity index is 1.89. The molecule has 1 aromatic carbocycles. The van der Waals surface area contributed by atoms with Crippen LogP contribution in [0.15, 0.2) is 29.1 Å². The first-order valence-electron chi connectivity index (χ1n) is 9.86. The third-order valence-electron chi connectivity index (χ3n) is 5.03. The molecule has 0 spiro atoms. The predicted molar refractivity (Wildman–Crippen MR) is 114 cm³/mol. The zero-order chi connectivity index (χ0) is 22.1. The van der Waals surface area contributed by atoms with Gasteiger partial charge in [-0.05, 0) is 38.0 Å². The summed E-state index contributed by atoms with van der Waals surface area (Å²) in [6.45, 7) is 4.19. The van der Waals surface area contributed by atoms with Crippen molar-refractivity contribution in [1.82, 2.24) is 9.55 Å². The van der Waals surface area contributed by atoms with Gasteiger partial charge in [0.05, 0.1) is 24.6 Å². The van der Waals surface area contributed by atoms with E-state index >= 15 is 0 Å². The summed E-state index contributed by atoms with van der Waals surface area (Å²) >= 11 is 6.09. The maximum absolute atomic E-state index is 13.0. The molecule has 3 rings (SSSR count). The van der Waals surface area contributed by atoms with E-state index in [9.17, 15) is 18.8 Å².